The normalized spacial score (nSPS) is 21.3. The van der Waals surface area contributed by atoms with Gasteiger partial charge in [-0.2, -0.15) is 13.2 Å². The molecule has 5 heterocycles. The Kier molecular flexibility index (Phi) is 6.54. The van der Waals surface area contributed by atoms with E-state index >= 15 is 0 Å². The number of hydrogen-bond donors (Lipinski definition) is 1. The van der Waals surface area contributed by atoms with Crippen LogP contribution >= 0.6 is 0 Å². The van der Waals surface area contributed by atoms with E-state index in [9.17, 15) is 13.2 Å². The topological polar surface area (TPSA) is 83.7 Å². The van der Waals surface area contributed by atoms with Crippen LogP contribution in [0.3, 0.4) is 0 Å². The van der Waals surface area contributed by atoms with Crippen LogP contribution in [0.4, 0.5) is 24.8 Å². The molecule has 0 radical (unpaired) electrons. The molecule has 1 N–H and O–H groups in total. The number of piperidine rings is 1. The van der Waals surface area contributed by atoms with Crippen LogP contribution in [-0.4, -0.2) is 76.0 Å². The average Bonchev–Trinajstić information content (AvgIpc) is 3.36. The molecule has 2 saturated heterocycles. The molecule has 2 atom stereocenters. The van der Waals surface area contributed by atoms with Crippen molar-refractivity contribution in [3.05, 3.63) is 42.1 Å². The Bertz CT molecular complexity index is 1490. The lowest BCUT2D eigenvalue weighted by molar-refractivity contribution is -0.137. The minimum Gasteiger partial charge on any atom is -0.372 e. The Morgan fingerprint density at radius 2 is 1.72 bits per heavy atom. The highest BCUT2D eigenvalue weighted by Crippen LogP contribution is 2.40. The average molecular weight is 541 g/mol. The number of aromatic nitrogens is 5. The number of hydrogen-bond acceptors (Lipinski definition) is 8. The van der Waals surface area contributed by atoms with Gasteiger partial charge in [0.05, 0.1) is 29.7 Å². The van der Waals surface area contributed by atoms with Crippen LogP contribution in [0.2, 0.25) is 0 Å². The van der Waals surface area contributed by atoms with Gasteiger partial charge in [0.25, 0.3) is 0 Å². The van der Waals surface area contributed by atoms with Crippen LogP contribution in [0, 0.1) is 0 Å². The number of pyridine rings is 1. The number of alkyl halides is 3. The van der Waals surface area contributed by atoms with E-state index in [1.165, 1.54) is 6.07 Å². The van der Waals surface area contributed by atoms with Crippen LogP contribution in [0.1, 0.15) is 32.3 Å². The first-order valence-electron chi connectivity index (χ1n) is 13.3. The van der Waals surface area contributed by atoms with Crippen LogP contribution in [0.5, 0.6) is 0 Å². The van der Waals surface area contributed by atoms with Gasteiger partial charge in [-0.1, -0.05) is 6.07 Å². The summed E-state index contributed by atoms with van der Waals surface area (Å²) in [5.74, 6) is 0.611. The predicted molar refractivity (Wildman–Crippen MR) is 143 cm³/mol. The van der Waals surface area contributed by atoms with E-state index in [1.807, 2.05) is 30.2 Å². The van der Waals surface area contributed by atoms with Gasteiger partial charge in [0, 0.05) is 43.5 Å². The van der Waals surface area contributed by atoms with Crippen molar-refractivity contribution >= 4 is 28.4 Å². The molecule has 6 rings (SSSR count). The molecule has 0 unspecified atom stereocenters. The van der Waals surface area contributed by atoms with Crippen molar-refractivity contribution in [3.63, 3.8) is 0 Å². The van der Waals surface area contributed by atoms with Crippen molar-refractivity contribution in [2.45, 2.75) is 51.1 Å². The number of fused-ring (bicyclic) bond motifs is 3. The highest BCUT2D eigenvalue weighted by molar-refractivity contribution is 5.79. The Balaban J connectivity index is 1.42. The molecule has 2 fully saturated rings. The summed E-state index contributed by atoms with van der Waals surface area (Å²) in [6, 6.07) is 8.30. The second-order valence-corrected chi connectivity index (χ2v) is 10.4. The van der Waals surface area contributed by atoms with Crippen molar-refractivity contribution in [2.24, 2.45) is 0 Å². The first kappa shape index (κ1) is 25.8. The SMILES string of the molecule is CNC1CCN(c2ccc(-c3ccc4ncc5nnc(N6C[C@@H](C)O[C@@H](C)C6)n5c4n3)cc2C(F)(F)F)CC1. The van der Waals surface area contributed by atoms with E-state index in [0.29, 0.717) is 66.2 Å². The number of nitrogens with one attached hydrogen (secondary N) is 1. The molecule has 0 saturated carbocycles. The minimum absolute atomic E-state index is 0.0149. The molecule has 0 bridgehead atoms. The molecule has 9 nitrogen and oxygen atoms in total. The molecule has 3 aromatic heterocycles. The zero-order valence-electron chi connectivity index (χ0n) is 22.1. The highest BCUT2D eigenvalue weighted by Gasteiger charge is 2.36. The zero-order valence-corrected chi connectivity index (χ0v) is 22.1. The summed E-state index contributed by atoms with van der Waals surface area (Å²) >= 11 is 0. The Morgan fingerprint density at radius 1 is 0.974 bits per heavy atom. The van der Waals surface area contributed by atoms with E-state index in [1.54, 1.807) is 30.5 Å². The van der Waals surface area contributed by atoms with Gasteiger partial charge in [-0.3, -0.25) is 0 Å². The smallest absolute Gasteiger partial charge is 0.372 e. The van der Waals surface area contributed by atoms with Crippen LogP contribution < -0.4 is 15.1 Å². The molecule has 1 aromatic carbocycles. The summed E-state index contributed by atoms with van der Waals surface area (Å²) in [6.07, 6.45) is -1.25. The van der Waals surface area contributed by atoms with Crippen molar-refractivity contribution in [3.8, 4) is 11.3 Å². The molecular formula is C27H31F3N8O. The maximum absolute atomic E-state index is 14.3. The van der Waals surface area contributed by atoms with Gasteiger partial charge in [0.2, 0.25) is 5.95 Å². The van der Waals surface area contributed by atoms with Gasteiger partial charge in [-0.15, -0.1) is 10.2 Å². The number of anilines is 2. The summed E-state index contributed by atoms with van der Waals surface area (Å²) in [7, 11) is 1.89. The molecule has 12 heteroatoms. The van der Waals surface area contributed by atoms with Crippen LogP contribution in [0.15, 0.2) is 36.5 Å². The molecule has 0 spiro atoms. The largest absolute Gasteiger partial charge is 0.418 e. The Morgan fingerprint density at radius 3 is 2.41 bits per heavy atom. The second kappa shape index (κ2) is 9.91. The van der Waals surface area contributed by atoms with Crippen molar-refractivity contribution in [2.75, 3.05) is 43.0 Å². The molecule has 206 valence electrons. The predicted octanol–water partition coefficient (Wildman–Crippen LogP) is 4.16. The number of rotatable bonds is 4. The molecule has 4 aromatic rings. The first-order chi connectivity index (χ1) is 18.7. The number of ether oxygens (including phenoxy) is 1. The van der Waals surface area contributed by atoms with E-state index < -0.39 is 11.7 Å². The number of benzene rings is 1. The summed E-state index contributed by atoms with van der Waals surface area (Å²) in [6.45, 7) is 6.43. The quantitative estimate of drug-likeness (QED) is 0.413. The third-order valence-corrected chi connectivity index (χ3v) is 7.60. The summed E-state index contributed by atoms with van der Waals surface area (Å²) in [4.78, 5) is 13.2. The highest BCUT2D eigenvalue weighted by atomic mass is 19.4. The second-order valence-electron chi connectivity index (χ2n) is 10.4. The molecular weight excluding hydrogens is 509 g/mol. The maximum atomic E-state index is 14.3. The first-order valence-corrected chi connectivity index (χ1v) is 13.3. The third-order valence-electron chi connectivity index (χ3n) is 7.60. The number of halogens is 3. The summed E-state index contributed by atoms with van der Waals surface area (Å²) in [5, 5.41) is 11.9. The third kappa shape index (κ3) is 4.87. The van der Waals surface area contributed by atoms with Gasteiger partial charge >= 0.3 is 6.18 Å². The molecule has 0 aliphatic carbocycles. The Labute approximate surface area is 224 Å². The van der Waals surface area contributed by atoms with Crippen molar-refractivity contribution in [1.82, 2.24) is 29.9 Å². The van der Waals surface area contributed by atoms with E-state index in [2.05, 4.69) is 25.4 Å². The number of morpholine rings is 1. The lowest BCUT2D eigenvalue weighted by Crippen LogP contribution is -2.46. The monoisotopic (exact) mass is 540 g/mol. The van der Waals surface area contributed by atoms with Gasteiger partial charge in [-0.05, 0) is 58.0 Å². The van der Waals surface area contributed by atoms with Crippen molar-refractivity contribution in [1.29, 1.82) is 0 Å². The van der Waals surface area contributed by atoms with Gasteiger partial charge < -0.3 is 19.9 Å². The molecule has 0 amide bonds. The fourth-order valence-corrected chi connectivity index (χ4v) is 5.72. The Hall–Kier alpha value is -3.51. The zero-order chi connectivity index (χ0) is 27.3. The maximum Gasteiger partial charge on any atom is 0.418 e. The molecule has 2 aliphatic heterocycles. The van der Waals surface area contributed by atoms with Crippen LogP contribution in [0.25, 0.3) is 28.1 Å². The standard InChI is InChI=1S/C27H31F3N8O/c1-16-14-37(15-17(2)39-16)26-35-34-24-13-32-22-6-5-21(33-25(22)38(24)26)18-4-7-23(20(12-18)27(28,29)30)36-10-8-19(31-3)9-11-36/h4-7,12-13,16-17,19,31H,8-11,14-15H2,1-3H3/t16-,17+. The van der Waals surface area contributed by atoms with Gasteiger partial charge in [-0.25, -0.2) is 14.4 Å². The van der Waals surface area contributed by atoms with Crippen molar-refractivity contribution < 1.29 is 17.9 Å². The summed E-state index contributed by atoms with van der Waals surface area (Å²) in [5.41, 5.74) is 1.98. The van der Waals surface area contributed by atoms with Crippen LogP contribution in [-0.2, 0) is 10.9 Å². The van der Waals surface area contributed by atoms with E-state index in [-0.39, 0.29) is 17.9 Å². The molecule has 2 aliphatic rings. The lowest BCUT2D eigenvalue weighted by Gasteiger charge is -2.35. The number of nitrogens with zero attached hydrogens (tertiary/aromatic N) is 7. The van der Waals surface area contributed by atoms with Gasteiger partial charge in [0.1, 0.15) is 5.52 Å². The summed E-state index contributed by atoms with van der Waals surface area (Å²) < 4.78 is 50.5. The minimum atomic E-state index is -4.50. The van der Waals surface area contributed by atoms with E-state index in [4.69, 9.17) is 9.72 Å². The fraction of sp³-hybridized carbons (Fsp3) is 0.481. The lowest BCUT2D eigenvalue weighted by atomic mass is 10.0. The molecule has 39 heavy (non-hydrogen) atoms. The fourth-order valence-electron chi connectivity index (χ4n) is 5.72. The van der Waals surface area contributed by atoms with E-state index in [0.717, 1.165) is 12.8 Å². The van der Waals surface area contributed by atoms with Gasteiger partial charge in [0.15, 0.2) is 11.3 Å².